The SMILES string of the molecule is CCCN(CCC)[C@H]1CCc2c(OC)cccc2[C@H]1C. The summed E-state index contributed by atoms with van der Waals surface area (Å²) in [6.07, 6.45) is 4.90. The first-order valence-corrected chi connectivity index (χ1v) is 8.12. The van der Waals surface area contributed by atoms with E-state index in [1.165, 1.54) is 43.5 Å². The summed E-state index contributed by atoms with van der Waals surface area (Å²) in [4.78, 5) is 2.70. The fourth-order valence-corrected chi connectivity index (χ4v) is 3.73. The molecule has 1 aromatic rings. The van der Waals surface area contributed by atoms with Crippen molar-refractivity contribution in [3.05, 3.63) is 29.3 Å². The van der Waals surface area contributed by atoms with Crippen molar-refractivity contribution in [2.24, 2.45) is 0 Å². The first kappa shape index (κ1) is 15.4. The van der Waals surface area contributed by atoms with Crippen LogP contribution in [0.25, 0.3) is 0 Å². The van der Waals surface area contributed by atoms with Crippen molar-refractivity contribution in [2.45, 2.75) is 58.4 Å². The minimum atomic E-state index is 0.604. The zero-order chi connectivity index (χ0) is 14.5. The molecule has 0 unspecified atom stereocenters. The molecule has 0 heterocycles. The van der Waals surface area contributed by atoms with Gasteiger partial charge in [0.05, 0.1) is 7.11 Å². The normalized spacial score (nSPS) is 21.9. The van der Waals surface area contributed by atoms with Crippen molar-refractivity contribution in [3.8, 4) is 5.75 Å². The lowest BCUT2D eigenvalue weighted by Gasteiger charge is -2.40. The Morgan fingerprint density at radius 2 is 1.90 bits per heavy atom. The highest BCUT2D eigenvalue weighted by atomic mass is 16.5. The van der Waals surface area contributed by atoms with Gasteiger partial charge in [0.1, 0.15) is 5.75 Å². The van der Waals surface area contributed by atoms with Gasteiger partial charge in [-0.3, -0.25) is 4.90 Å². The summed E-state index contributed by atoms with van der Waals surface area (Å²) in [5, 5.41) is 0. The van der Waals surface area contributed by atoms with E-state index in [9.17, 15) is 0 Å². The first-order valence-electron chi connectivity index (χ1n) is 8.12. The van der Waals surface area contributed by atoms with E-state index in [4.69, 9.17) is 4.74 Å². The molecule has 0 amide bonds. The van der Waals surface area contributed by atoms with Gasteiger partial charge in [0.25, 0.3) is 0 Å². The van der Waals surface area contributed by atoms with Crippen molar-refractivity contribution in [2.75, 3.05) is 20.2 Å². The molecule has 2 rings (SSSR count). The second kappa shape index (κ2) is 7.12. The topological polar surface area (TPSA) is 12.5 Å². The summed E-state index contributed by atoms with van der Waals surface area (Å²) < 4.78 is 5.54. The van der Waals surface area contributed by atoms with Gasteiger partial charge in [-0.1, -0.05) is 32.9 Å². The van der Waals surface area contributed by atoms with Crippen molar-refractivity contribution < 1.29 is 4.74 Å². The van der Waals surface area contributed by atoms with Crippen LogP contribution in [0.2, 0.25) is 0 Å². The Bertz CT molecular complexity index is 423. The molecule has 112 valence electrons. The molecular formula is C18H29NO. The average Bonchev–Trinajstić information content (AvgIpc) is 2.47. The predicted molar refractivity (Wildman–Crippen MR) is 85.7 cm³/mol. The molecule has 1 aliphatic carbocycles. The molecule has 0 bridgehead atoms. The monoisotopic (exact) mass is 275 g/mol. The van der Waals surface area contributed by atoms with Gasteiger partial charge in [-0.05, 0) is 61.9 Å². The molecule has 0 radical (unpaired) electrons. The van der Waals surface area contributed by atoms with E-state index in [0.717, 1.165) is 12.2 Å². The lowest BCUT2D eigenvalue weighted by Crippen LogP contribution is -2.42. The van der Waals surface area contributed by atoms with E-state index in [2.05, 4.69) is 43.9 Å². The van der Waals surface area contributed by atoms with E-state index in [0.29, 0.717) is 12.0 Å². The van der Waals surface area contributed by atoms with E-state index >= 15 is 0 Å². The van der Waals surface area contributed by atoms with Crippen LogP contribution in [0.15, 0.2) is 18.2 Å². The molecule has 2 nitrogen and oxygen atoms in total. The van der Waals surface area contributed by atoms with Gasteiger partial charge in [-0.15, -0.1) is 0 Å². The van der Waals surface area contributed by atoms with Crippen LogP contribution >= 0.6 is 0 Å². The zero-order valence-corrected chi connectivity index (χ0v) is 13.5. The Morgan fingerprint density at radius 1 is 1.20 bits per heavy atom. The fourth-order valence-electron chi connectivity index (χ4n) is 3.73. The third kappa shape index (κ3) is 3.01. The number of hydrogen-bond acceptors (Lipinski definition) is 2. The number of benzene rings is 1. The number of hydrogen-bond donors (Lipinski definition) is 0. The van der Waals surface area contributed by atoms with Crippen molar-refractivity contribution >= 4 is 0 Å². The lowest BCUT2D eigenvalue weighted by atomic mass is 9.79. The minimum Gasteiger partial charge on any atom is -0.496 e. The molecule has 0 saturated carbocycles. The Hall–Kier alpha value is -1.02. The Labute approximate surface area is 124 Å². The molecule has 0 fully saturated rings. The fraction of sp³-hybridized carbons (Fsp3) is 0.667. The summed E-state index contributed by atoms with van der Waals surface area (Å²) in [7, 11) is 1.78. The van der Waals surface area contributed by atoms with Crippen LogP contribution in [0.4, 0.5) is 0 Å². The molecule has 1 aliphatic rings. The van der Waals surface area contributed by atoms with E-state index in [-0.39, 0.29) is 0 Å². The minimum absolute atomic E-state index is 0.604. The highest BCUT2D eigenvalue weighted by Gasteiger charge is 2.31. The van der Waals surface area contributed by atoms with Gasteiger partial charge < -0.3 is 4.74 Å². The Kier molecular flexibility index (Phi) is 5.47. The molecule has 2 heteroatoms. The van der Waals surface area contributed by atoms with E-state index < -0.39 is 0 Å². The van der Waals surface area contributed by atoms with E-state index in [1.807, 2.05) is 0 Å². The summed E-state index contributed by atoms with van der Waals surface area (Å²) in [5.74, 6) is 1.68. The number of fused-ring (bicyclic) bond motifs is 1. The summed E-state index contributed by atoms with van der Waals surface area (Å²) >= 11 is 0. The maximum Gasteiger partial charge on any atom is 0.122 e. The van der Waals surface area contributed by atoms with Crippen molar-refractivity contribution in [3.63, 3.8) is 0 Å². The second-order valence-corrected chi connectivity index (χ2v) is 5.96. The largest absolute Gasteiger partial charge is 0.496 e. The Balaban J connectivity index is 2.24. The van der Waals surface area contributed by atoms with Crippen LogP contribution in [0, 0.1) is 0 Å². The molecule has 0 saturated heterocycles. The third-order valence-corrected chi connectivity index (χ3v) is 4.64. The van der Waals surface area contributed by atoms with E-state index in [1.54, 1.807) is 7.11 Å². The predicted octanol–water partition coefficient (Wildman–Crippen LogP) is 4.24. The Morgan fingerprint density at radius 3 is 2.50 bits per heavy atom. The highest BCUT2D eigenvalue weighted by molar-refractivity contribution is 5.44. The molecule has 0 spiro atoms. The van der Waals surface area contributed by atoms with Crippen molar-refractivity contribution in [1.29, 1.82) is 0 Å². The summed E-state index contributed by atoms with van der Waals surface area (Å²) in [5.41, 5.74) is 2.93. The number of methoxy groups -OCH3 is 1. The molecule has 0 N–H and O–H groups in total. The second-order valence-electron chi connectivity index (χ2n) is 5.96. The van der Waals surface area contributed by atoms with Crippen molar-refractivity contribution in [1.82, 2.24) is 4.90 Å². The molecule has 0 aromatic heterocycles. The van der Waals surface area contributed by atoms with Gasteiger partial charge in [-0.2, -0.15) is 0 Å². The maximum absolute atomic E-state index is 5.54. The number of ether oxygens (including phenoxy) is 1. The third-order valence-electron chi connectivity index (χ3n) is 4.64. The van der Waals surface area contributed by atoms with Gasteiger partial charge >= 0.3 is 0 Å². The lowest BCUT2D eigenvalue weighted by molar-refractivity contribution is 0.158. The van der Waals surface area contributed by atoms with Crippen LogP contribution < -0.4 is 4.74 Å². The number of nitrogens with zero attached hydrogens (tertiary/aromatic N) is 1. The maximum atomic E-state index is 5.54. The van der Waals surface area contributed by atoms with Crippen LogP contribution in [0.5, 0.6) is 5.75 Å². The summed E-state index contributed by atoms with van der Waals surface area (Å²) in [6, 6.07) is 7.22. The van der Waals surface area contributed by atoms with Crippen LogP contribution in [0.3, 0.4) is 0 Å². The standard InChI is InChI=1S/C18H29NO/c1-5-12-19(13-6-2)17-11-10-16-15(14(17)3)8-7-9-18(16)20-4/h7-9,14,17H,5-6,10-13H2,1-4H3/t14-,17+/m1/s1. The summed E-state index contributed by atoms with van der Waals surface area (Å²) in [6.45, 7) is 9.41. The number of rotatable bonds is 6. The quantitative estimate of drug-likeness (QED) is 0.770. The molecule has 1 aromatic carbocycles. The molecular weight excluding hydrogens is 246 g/mol. The van der Waals surface area contributed by atoms with Gasteiger partial charge in [-0.25, -0.2) is 0 Å². The average molecular weight is 275 g/mol. The van der Waals surface area contributed by atoms with Gasteiger partial charge in [0, 0.05) is 6.04 Å². The smallest absolute Gasteiger partial charge is 0.122 e. The molecule has 20 heavy (non-hydrogen) atoms. The van der Waals surface area contributed by atoms with Gasteiger partial charge in [0.2, 0.25) is 0 Å². The highest BCUT2D eigenvalue weighted by Crippen LogP contribution is 2.38. The van der Waals surface area contributed by atoms with Crippen LogP contribution in [0.1, 0.15) is 57.1 Å². The molecule has 0 aliphatic heterocycles. The van der Waals surface area contributed by atoms with Crippen LogP contribution in [-0.2, 0) is 6.42 Å². The van der Waals surface area contributed by atoms with Gasteiger partial charge in [0.15, 0.2) is 0 Å². The molecule has 2 atom stereocenters. The zero-order valence-electron chi connectivity index (χ0n) is 13.5. The van der Waals surface area contributed by atoms with Crippen LogP contribution in [-0.4, -0.2) is 31.1 Å². The first-order chi connectivity index (χ1) is 9.72.